The van der Waals surface area contributed by atoms with Crippen molar-refractivity contribution >= 4 is 28.9 Å². The van der Waals surface area contributed by atoms with Crippen molar-refractivity contribution in [2.45, 2.75) is 25.0 Å². The number of hydrogen-bond donors (Lipinski definition) is 2. The second kappa shape index (κ2) is 8.26. The third-order valence-corrected chi connectivity index (χ3v) is 6.90. The van der Waals surface area contributed by atoms with Crippen molar-refractivity contribution in [2.75, 3.05) is 11.5 Å². The van der Waals surface area contributed by atoms with E-state index in [-0.39, 0.29) is 35.9 Å². The summed E-state index contributed by atoms with van der Waals surface area (Å²) in [5, 5.41) is 2.04. The highest BCUT2D eigenvalue weighted by Gasteiger charge is 2.56. The first-order chi connectivity index (χ1) is 15.2. The molecule has 2 aliphatic rings. The summed E-state index contributed by atoms with van der Waals surface area (Å²) in [6, 6.07) is 21.0. The van der Waals surface area contributed by atoms with E-state index in [0.717, 1.165) is 16.1 Å². The van der Waals surface area contributed by atoms with Crippen LogP contribution >= 0.6 is 11.3 Å². The molecule has 4 unspecified atom stereocenters. The van der Waals surface area contributed by atoms with Crippen LogP contribution < -0.4 is 15.8 Å². The summed E-state index contributed by atoms with van der Waals surface area (Å²) in [5.74, 6) is -0.306. The normalized spacial score (nSPS) is 24.9. The summed E-state index contributed by atoms with van der Waals surface area (Å²) in [6.45, 7) is 2.11. The van der Waals surface area contributed by atoms with Gasteiger partial charge in [-0.05, 0) is 48.2 Å². The molecule has 0 spiro atoms. The fourth-order valence-electron chi connectivity index (χ4n) is 4.62. The largest absolute Gasteiger partial charge is 0.462 e. The monoisotopic (exact) mass is 433 g/mol. The molecule has 0 aliphatic carbocycles. The van der Waals surface area contributed by atoms with Crippen LogP contribution in [0.5, 0.6) is 0 Å². The van der Waals surface area contributed by atoms with Crippen molar-refractivity contribution < 1.29 is 14.3 Å². The van der Waals surface area contributed by atoms with Crippen LogP contribution in [0.3, 0.4) is 0 Å². The van der Waals surface area contributed by atoms with Crippen LogP contribution in [0.25, 0.3) is 0 Å². The standard InChI is InChI=1S/C24H23N3O3S/c1-2-30-24(29)16-10-12-17(13-11-16)27-22(18-9-6-14-31-18)19-20(15-7-4-3-5-8-15)25-26-21(19)23(27)28/h3-14,19-22,25-26H,2H2,1H3. The Hall–Kier alpha value is -3.00. The second-order valence-corrected chi connectivity index (χ2v) is 8.65. The Morgan fingerprint density at radius 1 is 1.00 bits per heavy atom. The predicted molar refractivity (Wildman–Crippen MR) is 120 cm³/mol. The molecular weight excluding hydrogens is 410 g/mol. The van der Waals surface area contributed by atoms with Gasteiger partial charge in [0.1, 0.15) is 6.04 Å². The highest BCUT2D eigenvalue weighted by atomic mass is 32.1. The molecule has 158 valence electrons. The number of carbonyl (C=O) groups is 2. The summed E-state index contributed by atoms with van der Waals surface area (Å²) in [5.41, 5.74) is 9.00. The smallest absolute Gasteiger partial charge is 0.338 e. The molecule has 2 fully saturated rings. The third-order valence-electron chi connectivity index (χ3n) is 5.96. The van der Waals surface area contributed by atoms with Gasteiger partial charge < -0.3 is 9.64 Å². The van der Waals surface area contributed by atoms with Crippen molar-refractivity contribution in [3.8, 4) is 0 Å². The minimum Gasteiger partial charge on any atom is -0.462 e. The highest BCUT2D eigenvalue weighted by Crippen LogP contribution is 2.49. The average Bonchev–Trinajstić information content (AvgIpc) is 3.53. The number of amides is 1. The Kier molecular flexibility index (Phi) is 5.31. The zero-order valence-corrected chi connectivity index (χ0v) is 17.8. The van der Waals surface area contributed by atoms with Gasteiger partial charge in [0.15, 0.2) is 0 Å². The van der Waals surface area contributed by atoms with E-state index in [1.54, 1.807) is 30.4 Å². The molecule has 2 saturated heterocycles. The van der Waals surface area contributed by atoms with Crippen molar-refractivity contribution in [2.24, 2.45) is 5.92 Å². The maximum Gasteiger partial charge on any atom is 0.338 e. The van der Waals surface area contributed by atoms with Crippen LogP contribution in [-0.4, -0.2) is 24.5 Å². The first-order valence-electron chi connectivity index (χ1n) is 10.4. The highest BCUT2D eigenvalue weighted by molar-refractivity contribution is 7.10. The lowest BCUT2D eigenvalue weighted by Gasteiger charge is -2.30. The summed E-state index contributed by atoms with van der Waals surface area (Å²) in [4.78, 5) is 28.6. The lowest BCUT2D eigenvalue weighted by atomic mass is 9.86. The molecule has 2 aromatic carbocycles. The fourth-order valence-corrected chi connectivity index (χ4v) is 5.49. The maximum absolute atomic E-state index is 13.5. The number of anilines is 1. The first-order valence-corrected chi connectivity index (χ1v) is 11.3. The van der Waals surface area contributed by atoms with E-state index >= 15 is 0 Å². The van der Waals surface area contributed by atoms with Gasteiger partial charge in [-0.25, -0.2) is 15.6 Å². The van der Waals surface area contributed by atoms with Gasteiger partial charge >= 0.3 is 5.97 Å². The van der Waals surface area contributed by atoms with E-state index in [0.29, 0.717) is 12.2 Å². The van der Waals surface area contributed by atoms with Crippen LogP contribution in [0.1, 0.15) is 39.8 Å². The van der Waals surface area contributed by atoms with Crippen molar-refractivity contribution in [3.05, 3.63) is 88.1 Å². The molecule has 7 heteroatoms. The number of rotatable bonds is 5. The van der Waals surface area contributed by atoms with E-state index in [2.05, 4.69) is 29.1 Å². The average molecular weight is 434 g/mol. The van der Waals surface area contributed by atoms with Crippen molar-refractivity contribution in [3.63, 3.8) is 0 Å². The molecule has 1 aromatic heterocycles. The molecule has 0 bridgehead atoms. The summed E-state index contributed by atoms with van der Waals surface area (Å²) >= 11 is 1.66. The SMILES string of the molecule is CCOC(=O)c1ccc(N2C(=O)C3NNC(c4ccccc4)C3C2c2cccs2)cc1. The first kappa shape index (κ1) is 19.9. The molecule has 2 aliphatic heterocycles. The predicted octanol–water partition coefficient (Wildman–Crippen LogP) is 3.85. The van der Waals surface area contributed by atoms with Crippen LogP contribution in [-0.2, 0) is 9.53 Å². The fraction of sp³-hybridized carbons (Fsp3) is 0.250. The minimum atomic E-state index is -0.358. The molecule has 0 radical (unpaired) electrons. The Labute approximate surface area is 184 Å². The molecule has 1 amide bonds. The van der Waals surface area contributed by atoms with Crippen LogP contribution in [0.4, 0.5) is 5.69 Å². The number of hydrazine groups is 1. The van der Waals surface area contributed by atoms with Crippen LogP contribution in [0.2, 0.25) is 0 Å². The number of esters is 1. The Morgan fingerprint density at radius 2 is 1.74 bits per heavy atom. The summed E-state index contributed by atoms with van der Waals surface area (Å²) in [7, 11) is 0. The number of nitrogens with zero attached hydrogens (tertiary/aromatic N) is 1. The Balaban J connectivity index is 1.53. The molecule has 4 atom stereocenters. The number of hydrogen-bond acceptors (Lipinski definition) is 6. The molecule has 0 saturated carbocycles. The third kappa shape index (κ3) is 3.44. The van der Waals surface area contributed by atoms with Gasteiger partial charge in [-0.15, -0.1) is 11.3 Å². The van der Waals surface area contributed by atoms with Gasteiger partial charge in [-0.1, -0.05) is 36.4 Å². The maximum atomic E-state index is 13.5. The van der Waals surface area contributed by atoms with E-state index in [1.165, 1.54) is 0 Å². The van der Waals surface area contributed by atoms with E-state index < -0.39 is 0 Å². The topological polar surface area (TPSA) is 70.7 Å². The number of thiophene rings is 1. The van der Waals surface area contributed by atoms with Gasteiger partial charge in [0.2, 0.25) is 5.91 Å². The number of fused-ring (bicyclic) bond motifs is 1. The number of nitrogens with one attached hydrogen (secondary N) is 2. The van der Waals surface area contributed by atoms with E-state index in [9.17, 15) is 9.59 Å². The van der Waals surface area contributed by atoms with Gasteiger partial charge in [-0.3, -0.25) is 4.79 Å². The number of ether oxygens (including phenoxy) is 1. The zero-order chi connectivity index (χ0) is 21.4. The van der Waals surface area contributed by atoms with E-state index in [4.69, 9.17) is 4.74 Å². The molecule has 2 N–H and O–H groups in total. The van der Waals surface area contributed by atoms with Gasteiger partial charge in [-0.2, -0.15) is 0 Å². The number of carbonyl (C=O) groups excluding carboxylic acids is 2. The zero-order valence-electron chi connectivity index (χ0n) is 17.0. The van der Waals surface area contributed by atoms with Crippen molar-refractivity contribution in [1.29, 1.82) is 0 Å². The molecule has 31 heavy (non-hydrogen) atoms. The van der Waals surface area contributed by atoms with Gasteiger partial charge in [0.05, 0.1) is 24.3 Å². The molecular formula is C24H23N3O3S. The lowest BCUT2D eigenvalue weighted by molar-refractivity contribution is -0.119. The van der Waals surface area contributed by atoms with Crippen molar-refractivity contribution in [1.82, 2.24) is 10.9 Å². The minimum absolute atomic E-state index is 0.00561. The summed E-state index contributed by atoms with van der Waals surface area (Å²) < 4.78 is 5.08. The van der Waals surface area contributed by atoms with Gasteiger partial charge in [0, 0.05) is 16.5 Å². The lowest BCUT2D eigenvalue weighted by Crippen LogP contribution is -2.41. The Bertz CT molecular complexity index is 1070. The molecule has 3 aromatic rings. The van der Waals surface area contributed by atoms with Crippen LogP contribution in [0.15, 0.2) is 72.1 Å². The molecule has 6 nitrogen and oxygen atoms in total. The van der Waals surface area contributed by atoms with Crippen LogP contribution in [0, 0.1) is 5.92 Å². The van der Waals surface area contributed by atoms with Gasteiger partial charge in [0.25, 0.3) is 0 Å². The van der Waals surface area contributed by atoms with E-state index in [1.807, 2.05) is 46.7 Å². The Morgan fingerprint density at radius 3 is 2.42 bits per heavy atom. The quantitative estimate of drug-likeness (QED) is 0.598. The number of benzene rings is 2. The molecule has 3 heterocycles. The summed E-state index contributed by atoms with van der Waals surface area (Å²) in [6.07, 6.45) is 0. The second-order valence-electron chi connectivity index (χ2n) is 7.67. The molecule has 5 rings (SSSR count).